The van der Waals surface area contributed by atoms with Crippen LogP contribution in [0.1, 0.15) is 116 Å². The zero-order valence-corrected chi connectivity index (χ0v) is 42.4. The first-order valence-corrected chi connectivity index (χ1v) is 22.6. The molecule has 0 spiro atoms. The number of pyridine rings is 1. The molecule has 1 aliphatic heterocycles. The molecule has 0 unspecified atom stereocenters. The van der Waals surface area contributed by atoms with Gasteiger partial charge in [-0.3, -0.25) is 9.20 Å². The number of hydrogen-bond acceptors (Lipinski definition) is 6. The summed E-state index contributed by atoms with van der Waals surface area (Å²) in [5, 5.41) is 14.2. The molecule has 7 aromatic rings. The summed E-state index contributed by atoms with van der Waals surface area (Å²) in [7, 11) is 6.68. The summed E-state index contributed by atoms with van der Waals surface area (Å²) >= 11 is 0. The normalized spacial score (nSPS) is 17.0. The molecule has 1 fully saturated rings. The molecule has 1 saturated heterocycles. The van der Waals surface area contributed by atoms with Gasteiger partial charge in [0.15, 0.2) is 0 Å². The summed E-state index contributed by atoms with van der Waals surface area (Å²) < 4.78 is 18.3. The average molecular weight is 1020 g/mol. The maximum Gasteiger partial charge on any atom is 2.00 e. The fraction of sp³-hybridized carbons (Fsp3) is 0.412. The number of hydrogen-bond donors (Lipinski definition) is 0. The zero-order valence-electron chi connectivity index (χ0n) is 40.2. The van der Waals surface area contributed by atoms with E-state index in [1.165, 1.54) is 44.1 Å². The first-order valence-electron chi connectivity index (χ1n) is 22.6. The Morgan fingerprint density at radius 1 is 0.746 bits per heavy atom. The zero-order chi connectivity index (χ0) is 44.5. The molecular formula is C51H62B3N7OPt. The van der Waals surface area contributed by atoms with Gasteiger partial charge in [-0.15, -0.1) is 41.3 Å². The summed E-state index contributed by atoms with van der Waals surface area (Å²) in [5.41, 5.74) is 12.3. The third-order valence-electron chi connectivity index (χ3n) is 15.3. The number of rotatable bonds is 7. The number of benzene rings is 4. The van der Waals surface area contributed by atoms with Crippen molar-refractivity contribution >= 4 is 53.7 Å². The van der Waals surface area contributed by atoms with Gasteiger partial charge in [0.1, 0.15) is 0 Å². The standard InChI is InChI=1S/C51H62B3N7O.Pt/c1-31(2)38-19-17-20-39(32(3)4)44(38)33-29-55-60(30-33)35-25-34(49(5,6)7)26-37(27-35)62-36-23-24-40-41-21-18-22-42-45(41)47-46(51(10,11)50(42,8)9)48(56-61(47)43(40)28-36)54-58(15)52(12)57(14)53(13)59(54)16;/h17-26,29-32H,1-16H3;/q-2;+2. The van der Waals surface area contributed by atoms with E-state index in [9.17, 15) is 0 Å². The second kappa shape index (κ2) is 15.8. The summed E-state index contributed by atoms with van der Waals surface area (Å²) in [6.07, 6.45) is 4.14. The topological polar surface area (TPSA) is 54.1 Å². The monoisotopic (exact) mass is 1020 g/mol. The van der Waals surface area contributed by atoms with Crippen LogP contribution in [-0.2, 0) is 37.3 Å². The Labute approximate surface area is 391 Å². The molecule has 8 nitrogen and oxygen atoms in total. The molecule has 0 atom stereocenters. The second-order valence-corrected chi connectivity index (χ2v) is 21.0. The molecule has 4 heterocycles. The van der Waals surface area contributed by atoms with E-state index >= 15 is 0 Å². The predicted octanol–water partition coefficient (Wildman–Crippen LogP) is 10.7. The number of fused-ring (bicyclic) bond motifs is 3. The van der Waals surface area contributed by atoms with E-state index in [0.29, 0.717) is 23.3 Å². The van der Waals surface area contributed by atoms with Crippen LogP contribution in [0.5, 0.6) is 11.5 Å². The minimum Gasteiger partial charge on any atom is -0.509 e. The Balaban J connectivity index is 0.00000544. The van der Waals surface area contributed by atoms with Gasteiger partial charge in [0.2, 0.25) is 0 Å². The molecule has 63 heavy (non-hydrogen) atoms. The van der Waals surface area contributed by atoms with E-state index in [-0.39, 0.29) is 58.3 Å². The molecule has 0 bridgehead atoms. The molecule has 0 N–H and O–H groups in total. The molecule has 9 rings (SSSR count). The van der Waals surface area contributed by atoms with Crippen molar-refractivity contribution in [3.05, 3.63) is 113 Å². The van der Waals surface area contributed by atoms with Crippen LogP contribution in [0.3, 0.4) is 0 Å². The third-order valence-corrected chi connectivity index (χ3v) is 15.3. The summed E-state index contributed by atoms with van der Waals surface area (Å²) in [4.78, 5) is 0. The minimum atomic E-state index is -0.233. The smallest absolute Gasteiger partial charge is 0.509 e. The van der Waals surface area contributed by atoms with Gasteiger partial charge in [-0.1, -0.05) is 132 Å². The minimum absolute atomic E-state index is 0. The Kier molecular flexibility index (Phi) is 11.4. The maximum atomic E-state index is 6.86. The Morgan fingerprint density at radius 2 is 1.38 bits per heavy atom. The number of ether oxygens (including phenoxy) is 1. The van der Waals surface area contributed by atoms with E-state index in [0.717, 1.165) is 33.3 Å². The average Bonchev–Trinajstić information content (AvgIpc) is 3.88. The molecule has 0 saturated carbocycles. The first-order chi connectivity index (χ1) is 29.1. The Morgan fingerprint density at radius 3 is 2.00 bits per heavy atom. The van der Waals surface area contributed by atoms with Crippen LogP contribution in [0.4, 0.5) is 0 Å². The van der Waals surface area contributed by atoms with Gasteiger partial charge in [0, 0.05) is 34.2 Å². The van der Waals surface area contributed by atoms with Crippen molar-refractivity contribution in [2.24, 2.45) is 0 Å². The van der Waals surface area contributed by atoms with Crippen molar-refractivity contribution in [1.82, 2.24) is 33.6 Å². The first kappa shape index (κ1) is 45.4. The van der Waals surface area contributed by atoms with Crippen molar-refractivity contribution in [1.29, 1.82) is 0 Å². The fourth-order valence-corrected chi connectivity index (χ4v) is 10.4. The molecule has 2 aliphatic rings. The van der Waals surface area contributed by atoms with Crippen molar-refractivity contribution in [3.63, 3.8) is 0 Å². The van der Waals surface area contributed by atoms with Gasteiger partial charge >= 0.3 is 28.0 Å². The van der Waals surface area contributed by atoms with Gasteiger partial charge < -0.3 is 18.9 Å². The summed E-state index contributed by atoms with van der Waals surface area (Å²) in [5.74, 6) is 2.00. The molecular weight excluding hydrogens is 954 g/mol. The van der Waals surface area contributed by atoms with Crippen LogP contribution in [0.2, 0.25) is 13.6 Å². The third kappa shape index (κ3) is 6.98. The van der Waals surface area contributed by atoms with Crippen LogP contribution in [-0.4, -0.2) is 75.7 Å². The summed E-state index contributed by atoms with van der Waals surface area (Å²) in [6.45, 7) is 30.4. The second-order valence-electron chi connectivity index (χ2n) is 21.0. The molecule has 4 aromatic carbocycles. The maximum absolute atomic E-state index is 6.86. The van der Waals surface area contributed by atoms with E-state index in [2.05, 4.69) is 203 Å². The van der Waals surface area contributed by atoms with E-state index in [4.69, 9.17) is 14.9 Å². The van der Waals surface area contributed by atoms with Gasteiger partial charge in [-0.25, -0.2) is 0 Å². The van der Waals surface area contributed by atoms with Crippen LogP contribution in [0.15, 0.2) is 73.1 Å². The number of aromatic nitrogens is 4. The van der Waals surface area contributed by atoms with Crippen LogP contribution in [0, 0.1) is 12.1 Å². The van der Waals surface area contributed by atoms with Crippen LogP contribution < -0.4 is 10.3 Å². The Hall–Kier alpha value is -4.14. The van der Waals surface area contributed by atoms with E-state index in [1.807, 2.05) is 16.9 Å². The van der Waals surface area contributed by atoms with Crippen LogP contribution in [0.25, 0.3) is 44.0 Å². The fourth-order valence-electron chi connectivity index (χ4n) is 10.4. The Bertz CT molecular complexity index is 2870. The van der Waals surface area contributed by atoms with Crippen LogP contribution >= 0.6 is 0 Å². The van der Waals surface area contributed by atoms with Gasteiger partial charge in [0.05, 0.1) is 17.3 Å². The molecule has 0 radical (unpaired) electrons. The molecule has 326 valence electrons. The van der Waals surface area contributed by atoms with Crippen molar-refractivity contribution in [2.45, 2.75) is 118 Å². The SMILES string of the molecule is CB1N(C)B(C)N(C)B(c2nn3c4[c-]c(Oc5[c-]c(-n6cc(-c7c(C(C)C)cccc7C(C)C)cn6)cc(C(C)(C)C)c5)ccc4c4cccc5c4c3c2C(C)(C)C5(C)C)N1C.[Pt+2]. The molecule has 1 aliphatic carbocycles. The predicted molar refractivity (Wildman–Crippen MR) is 262 cm³/mol. The van der Waals surface area contributed by atoms with Crippen molar-refractivity contribution in [2.75, 3.05) is 21.1 Å². The molecule has 3 aromatic heterocycles. The van der Waals surface area contributed by atoms with E-state index in [1.54, 1.807) is 0 Å². The van der Waals surface area contributed by atoms with Gasteiger partial charge in [-0.2, -0.15) is 16.3 Å². The molecule has 0 amide bonds. The quantitative estimate of drug-likeness (QED) is 0.0901. The van der Waals surface area contributed by atoms with Crippen molar-refractivity contribution < 1.29 is 25.8 Å². The van der Waals surface area contributed by atoms with Gasteiger partial charge in [-0.05, 0) is 82.7 Å². The molecule has 12 heteroatoms. The van der Waals surface area contributed by atoms with Gasteiger partial charge in [0.25, 0.3) is 14.0 Å². The largest absolute Gasteiger partial charge is 2.00 e. The van der Waals surface area contributed by atoms with Crippen molar-refractivity contribution in [3.8, 4) is 28.3 Å². The van der Waals surface area contributed by atoms with E-state index < -0.39 is 0 Å². The number of nitrogens with zero attached hydrogens (tertiary/aromatic N) is 7. The summed E-state index contributed by atoms with van der Waals surface area (Å²) in [6, 6.07) is 29.4.